The summed E-state index contributed by atoms with van der Waals surface area (Å²) in [6, 6.07) is 0. The second kappa shape index (κ2) is 25.4. The summed E-state index contributed by atoms with van der Waals surface area (Å²) >= 11 is 0. The van der Waals surface area contributed by atoms with Crippen molar-refractivity contribution in [3.8, 4) is 0 Å². The quantitative estimate of drug-likeness (QED) is 0.0761. The third-order valence-corrected chi connectivity index (χ3v) is 4.88. The van der Waals surface area contributed by atoms with E-state index in [9.17, 15) is 14.9 Å². The van der Waals surface area contributed by atoms with Crippen molar-refractivity contribution in [3.05, 3.63) is 21.9 Å². The van der Waals surface area contributed by atoms with E-state index in [1.807, 2.05) is 0 Å². The van der Waals surface area contributed by atoms with E-state index in [0.29, 0.717) is 106 Å². The highest BCUT2D eigenvalue weighted by Gasteiger charge is 2.21. The number of ether oxygens (including phenoxy) is 8. The van der Waals surface area contributed by atoms with Gasteiger partial charge in [-0.15, -0.1) is 0 Å². The number of hydrogen-bond acceptors (Lipinski definition) is 12. The second-order valence-corrected chi connectivity index (χ2v) is 8.02. The normalized spacial score (nSPS) is 13.1. The molecule has 0 aromatic carbocycles. The summed E-state index contributed by atoms with van der Waals surface area (Å²) in [6.45, 7) is 10.2. The Morgan fingerprint density at radius 3 is 1.42 bits per heavy atom. The fraction of sp³-hybridized carbons (Fsp3) is 0.840. The number of hydrogen-bond donors (Lipinski definition) is 0. The fourth-order valence-corrected chi connectivity index (χ4v) is 2.94. The zero-order valence-electron chi connectivity index (χ0n) is 22.6. The van der Waals surface area contributed by atoms with Crippen LogP contribution in [0.3, 0.4) is 0 Å². The van der Waals surface area contributed by atoms with Crippen LogP contribution < -0.4 is 0 Å². The molecule has 0 saturated carbocycles. The molecule has 1 heterocycles. The Morgan fingerprint density at radius 2 is 1.08 bits per heavy atom. The topological polar surface area (TPSA) is 146 Å². The lowest BCUT2D eigenvalue weighted by Gasteiger charge is -2.08. The number of allylic oxidation sites excluding steroid dienone is 1. The largest absolute Gasteiger partial charge is 0.379 e. The minimum absolute atomic E-state index is 0.0437. The molecular weight excluding hydrogens is 504 g/mol. The summed E-state index contributed by atoms with van der Waals surface area (Å²) in [5.74, 6) is -0.206. The van der Waals surface area contributed by atoms with E-state index in [2.05, 4.69) is 11.9 Å². The highest BCUT2D eigenvalue weighted by atomic mass is 16.6. The van der Waals surface area contributed by atoms with Gasteiger partial charge in [0.15, 0.2) is 5.78 Å². The summed E-state index contributed by atoms with van der Waals surface area (Å²) in [7, 11) is 0. The number of Topliss-reactive ketones (excluding diaryl/α,β-unsaturated/α-hetero) is 1. The highest BCUT2D eigenvalue weighted by molar-refractivity contribution is 6.44. The maximum Gasteiger partial charge on any atom is 0.269 e. The highest BCUT2D eigenvalue weighted by Crippen LogP contribution is 2.08. The van der Waals surface area contributed by atoms with Crippen molar-refractivity contribution in [1.82, 2.24) is 0 Å². The van der Waals surface area contributed by atoms with Gasteiger partial charge in [-0.2, -0.15) is 0 Å². The van der Waals surface area contributed by atoms with Crippen LogP contribution in [-0.4, -0.2) is 129 Å². The molecule has 0 unspecified atom stereocenters. The zero-order chi connectivity index (χ0) is 27.5. The van der Waals surface area contributed by atoms with E-state index in [0.717, 1.165) is 13.0 Å². The molecule has 0 saturated heterocycles. The first-order valence-electron chi connectivity index (χ1n) is 13.2. The molecule has 0 fully saturated rings. The first kappa shape index (κ1) is 34.2. The van der Waals surface area contributed by atoms with E-state index in [1.54, 1.807) is 0 Å². The molecule has 0 aromatic rings. The average molecular weight is 549 g/mol. The second-order valence-electron chi connectivity index (χ2n) is 8.02. The van der Waals surface area contributed by atoms with Crippen molar-refractivity contribution >= 4 is 11.5 Å². The van der Waals surface area contributed by atoms with Gasteiger partial charge in [0.1, 0.15) is 12.3 Å². The number of ketones is 1. The van der Waals surface area contributed by atoms with Crippen LogP contribution in [0.1, 0.15) is 26.2 Å². The van der Waals surface area contributed by atoms with Gasteiger partial charge in [0.25, 0.3) is 5.70 Å². The fourth-order valence-electron chi connectivity index (χ4n) is 2.94. The van der Waals surface area contributed by atoms with Crippen molar-refractivity contribution in [2.24, 2.45) is 4.99 Å². The van der Waals surface area contributed by atoms with E-state index in [-0.39, 0.29) is 30.2 Å². The van der Waals surface area contributed by atoms with Gasteiger partial charge in [-0.1, -0.05) is 6.92 Å². The molecular formula is C25H44N2O11. The molecule has 0 amide bonds. The number of nitrogens with zero attached hydrogens (tertiary/aromatic N) is 2. The molecule has 0 atom stereocenters. The molecule has 0 bridgehead atoms. The number of nitro groups is 1. The summed E-state index contributed by atoms with van der Waals surface area (Å²) in [5, 5.41) is 10.6. The molecule has 1 aliphatic rings. The van der Waals surface area contributed by atoms with Crippen LogP contribution in [0.15, 0.2) is 16.8 Å². The lowest BCUT2D eigenvalue weighted by Crippen LogP contribution is -2.15. The van der Waals surface area contributed by atoms with Crippen molar-refractivity contribution in [2.45, 2.75) is 26.2 Å². The Labute approximate surface area is 224 Å². The first-order chi connectivity index (χ1) is 18.6. The Morgan fingerprint density at radius 1 is 0.711 bits per heavy atom. The molecule has 1 aliphatic heterocycles. The maximum absolute atomic E-state index is 11.9. The zero-order valence-corrected chi connectivity index (χ0v) is 22.6. The van der Waals surface area contributed by atoms with Gasteiger partial charge >= 0.3 is 0 Å². The van der Waals surface area contributed by atoms with Crippen LogP contribution in [-0.2, 0) is 42.7 Å². The van der Waals surface area contributed by atoms with Gasteiger partial charge < -0.3 is 37.9 Å². The molecule has 13 nitrogen and oxygen atoms in total. The van der Waals surface area contributed by atoms with Crippen LogP contribution in [0.25, 0.3) is 0 Å². The van der Waals surface area contributed by atoms with Gasteiger partial charge in [0, 0.05) is 25.7 Å². The molecule has 1 rings (SSSR count). The number of aliphatic imine (C=N–C) groups is 1. The molecule has 0 spiro atoms. The van der Waals surface area contributed by atoms with E-state index >= 15 is 0 Å². The maximum atomic E-state index is 11.9. The van der Waals surface area contributed by atoms with Gasteiger partial charge in [0.2, 0.25) is 0 Å². The van der Waals surface area contributed by atoms with Crippen LogP contribution >= 0.6 is 0 Å². The molecule has 38 heavy (non-hydrogen) atoms. The Hall–Kier alpha value is -1.84. The van der Waals surface area contributed by atoms with Gasteiger partial charge in [-0.05, 0) is 12.8 Å². The summed E-state index contributed by atoms with van der Waals surface area (Å²) in [6.07, 6.45) is 3.02. The summed E-state index contributed by atoms with van der Waals surface area (Å²) in [4.78, 5) is 26.0. The van der Waals surface area contributed by atoms with Crippen molar-refractivity contribution in [3.63, 3.8) is 0 Å². The SMILES string of the molecule is CCCOCCOCCOCCOCCOCCOCCOCCOCCCC(=O)C1=NCC([N+](=O)[O-])=C1. The Balaban J connectivity index is 1.70. The summed E-state index contributed by atoms with van der Waals surface area (Å²) < 4.78 is 43.2. The monoisotopic (exact) mass is 548 g/mol. The van der Waals surface area contributed by atoms with Crippen molar-refractivity contribution in [1.29, 1.82) is 0 Å². The number of rotatable bonds is 29. The van der Waals surface area contributed by atoms with E-state index in [4.69, 9.17) is 37.9 Å². The smallest absolute Gasteiger partial charge is 0.269 e. The predicted molar refractivity (Wildman–Crippen MR) is 138 cm³/mol. The molecule has 220 valence electrons. The van der Waals surface area contributed by atoms with Crippen LogP contribution in [0.4, 0.5) is 0 Å². The number of carbonyl (C=O) groups excluding carboxylic acids is 1. The standard InChI is InChI=1S/C25H44N2O11/c1-2-5-31-7-9-33-11-13-35-15-17-37-19-20-38-18-16-36-14-12-34-10-8-32-6-3-4-25(28)24-21-23(22-26-24)27(29)30/h21H,2-20,22H2,1H3. The van der Waals surface area contributed by atoms with Crippen LogP contribution in [0, 0.1) is 10.1 Å². The van der Waals surface area contributed by atoms with Crippen molar-refractivity contribution < 1.29 is 47.6 Å². The van der Waals surface area contributed by atoms with Crippen LogP contribution in [0.5, 0.6) is 0 Å². The van der Waals surface area contributed by atoms with E-state index in [1.165, 1.54) is 6.08 Å². The molecule has 0 aromatic heterocycles. The number of carbonyl (C=O) groups is 1. The van der Waals surface area contributed by atoms with Gasteiger partial charge in [0.05, 0.1) is 97.4 Å². The minimum Gasteiger partial charge on any atom is -0.379 e. The minimum atomic E-state index is -0.520. The van der Waals surface area contributed by atoms with E-state index < -0.39 is 4.92 Å². The lowest BCUT2D eigenvalue weighted by atomic mass is 10.1. The predicted octanol–water partition coefficient (Wildman–Crippen LogP) is 1.49. The third-order valence-electron chi connectivity index (χ3n) is 4.88. The molecule has 0 aliphatic carbocycles. The first-order valence-corrected chi connectivity index (χ1v) is 13.2. The molecule has 13 heteroatoms. The third kappa shape index (κ3) is 20.2. The van der Waals surface area contributed by atoms with Gasteiger partial charge in [-0.25, -0.2) is 0 Å². The lowest BCUT2D eigenvalue weighted by molar-refractivity contribution is -0.424. The van der Waals surface area contributed by atoms with Gasteiger partial charge in [-0.3, -0.25) is 19.9 Å². The van der Waals surface area contributed by atoms with Crippen LogP contribution in [0.2, 0.25) is 0 Å². The summed E-state index contributed by atoms with van der Waals surface area (Å²) in [5.41, 5.74) is 0.116. The molecule has 0 N–H and O–H groups in total. The molecule has 0 radical (unpaired) electrons. The Bertz CT molecular complexity index is 674. The average Bonchev–Trinajstić information content (AvgIpc) is 3.42. The van der Waals surface area contributed by atoms with Crippen molar-refractivity contribution in [2.75, 3.05) is 112 Å². The Kier molecular flexibility index (Phi) is 22.9.